The summed E-state index contributed by atoms with van der Waals surface area (Å²) in [4.78, 5) is 14.3. The Morgan fingerprint density at radius 3 is 2.75 bits per heavy atom. The van der Waals surface area contributed by atoms with E-state index in [1.807, 2.05) is 0 Å². The van der Waals surface area contributed by atoms with E-state index in [0.29, 0.717) is 5.92 Å². The van der Waals surface area contributed by atoms with E-state index < -0.39 is 0 Å². The summed E-state index contributed by atoms with van der Waals surface area (Å²) in [7, 11) is 0. The van der Waals surface area contributed by atoms with Gasteiger partial charge in [0.05, 0.1) is 5.92 Å². The van der Waals surface area contributed by atoms with Crippen LogP contribution in [0.3, 0.4) is 0 Å². The number of nitrogens with zero attached hydrogens (tertiary/aromatic N) is 1. The van der Waals surface area contributed by atoms with Crippen LogP contribution in [0.5, 0.6) is 0 Å². The fourth-order valence-corrected chi connectivity index (χ4v) is 2.64. The molecule has 0 aromatic heterocycles. The van der Waals surface area contributed by atoms with E-state index >= 15 is 0 Å². The second-order valence-electron chi connectivity index (χ2n) is 5.08. The van der Waals surface area contributed by atoms with Crippen LogP contribution < -0.4 is 10.6 Å². The van der Waals surface area contributed by atoms with Crippen LogP contribution in [0.4, 0.5) is 0 Å². The zero-order chi connectivity index (χ0) is 11.4. The lowest BCUT2D eigenvalue weighted by Crippen LogP contribution is -2.38. The molecule has 4 heteroatoms. The minimum atomic E-state index is 0.179. The molecule has 92 valence electrons. The molecule has 0 saturated carbocycles. The van der Waals surface area contributed by atoms with Crippen LogP contribution in [0.25, 0.3) is 0 Å². The maximum Gasteiger partial charge on any atom is 0.224 e. The number of hydrogen-bond donors (Lipinski definition) is 2. The number of amides is 1. The average molecular weight is 225 g/mol. The van der Waals surface area contributed by atoms with E-state index in [2.05, 4.69) is 22.5 Å². The van der Waals surface area contributed by atoms with E-state index in [-0.39, 0.29) is 11.8 Å². The van der Waals surface area contributed by atoms with Gasteiger partial charge in [0.15, 0.2) is 0 Å². The van der Waals surface area contributed by atoms with Gasteiger partial charge in [-0.2, -0.15) is 0 Å². The van der Waals surface area contributed by atoms with Crippen LogP contribution in [0.1, 0.15) is 19.8 Å². The standard InChI is InChI=1S/C12H23N3O/c1-10-8-13-9-11(10)12(16)14-4-7-15-5-2-3-6-15/h10-11,13H,2-9H2,1H3,(H,14,16). The van der Waals surface area contributed by atoms with Crippen molar-refractivity contribution in [3.05, 3.63) is 0 Å². The van der Waals surface area contributed by atoms with Gasteiger partial charge in [-0.15, -0.1) is 0 Å². The quantitative estimate of drug-likeness (QED) is 0.711. The zero-order valence-electron chi connectivity index (χ0n) is 10.2. The topological polar surface area (TPSA) is 44.4 Å². The molecule has 0 aromatic rings. The predicted octanol–water partition coefficient (Wildman–Crippen LogP) is 0.0539. The van der Waals surface area contributed by atoms with Crippen LogP contribution in [-0.4, -0.2) is 50.1 Å². The van der Waals surface area contributed by atoms with Gasteiger partial charge in [-0.1, -0.05) is 6.92 Å². The summed E-state index contributed by atoms with van der Waals surface area (Å²) >= 11 is 0. The van der Waals surface area contributed by atoms with Crippen molar-refractivity contribution in [2.45, 2.75) is 19.8 Å². The molecule has 2 N–H and O–H groups in total. The SMILES string of the molecule is CC1CNCC1C(=O)NCCN1CCCC1. The monoisotopic (exact) mass is 225 g/mol. The first kappa shape index (κ1) is 11.9. The van der Waals surface area contributed by atoms with Gasteiger partial charge in [0.2, 0.25) is 5.91 Å². The molecule has 0 bridgehead atoms. The van der Waals surface area contributed by atoms with Crippen molar-refractivity contribution in [2.24, 2.45) is 11.8 Å². The van der Waals surface area contributed by atoms with Gasteiger partial charge in [-0.3, -0.25) is 4.79 Å². The van der Waals surface area contributed by atoms with Crippen LogP contribution in [-0.2, 0) is 4.79 Å². The summed E-state index contributed by atoms with van der Waals surface area (Å²) in [6.07, 6.45) is 2.63. The van der Waals surface area contributed by atoms with Crippen LogP contribution >= 0.6 is 0 Å². The maximum absolute atomic E-state index is 11.9. The van der Waals surface area contributed by atoms with E-state index in [4.69, 9.17) is 0 Å². The van der Waals surface area contributed by atoms with E-state index in [0.717, 1.165) is 26.2 Å². The first-order valence-electron chi connectivity index (χ1n) is 6.48. The third-order valence-electron chi connectivity index (χ3n) is 3.78. The molecule has 1 amide bonds. The highest BCUT2D eigenvalue weighted by Crippen LogP contribution is 2.15. The molecule has 2 unspecified atom stereocenters. The Balaban J connectivity index is 1.63. The second-order valence-corrected chi connectivity index (χ2v) is 5.08. The van der Waals surface area contributed by atoms with Crippen molar-refractivity contribution < 1.29 is 4.79 Å². The Morgan fingerprint density at radius 1 is 1.38 bits per heavy atom. The molecule has 0 aromatic carbocycles. The van der Waals surface area contributed by atoms with Crippen LogP contribution in [0.15, 0.2) is 0 Å². The van der Waals surface area contributed by atoms with E-state index in [9.17, 15) is 4.79 Å². The Hall–Kier alpha value is -0.610. The fraction of sp³-hybridized carbons (Fsp3) is 0.917. The summed E-state index contributed by atoms with van der Waals surface area (Å²) in [6.45, 7) is 8.20. The highest BCUT2D eigenvalue weighted by atomic mass is 16.1. The van der Waals surface area contributed by atoms with Crippen molar-refractivity contribution in [2.75, 3.05) is 39.3 Å². The Kier molecular flexibility index (Phi) is 4.18. The summed E-state index contributed by atoms with van der Waals surface area (Å²) in [6, 6.07) is 0. The molecular weight excluding hydrogens is 202 g/mol. The predicted molar refractivity (Wildman–Crippen MR) is 64.2 cm³/mol. The van der Waals surface area contributed by atoms with Crippen molar-refractivity contribution in [1.82, 2.24) is 15.5 Å². The minimum absolute atomic E-state index is 0.179. The molecule has 2 fully saturated rings. The average Bonchev–Trinajstić information content (AvgIpc) is 2.88. The second kappa shape index (κ2) is 5.64. The normalized spacial score (nSPS) is 30.8. The fourth-order valence-electron chi connectivity index (χ4n) is 2.64. The molecule has 16 heavy (non-hydrogen) atoms. The van der Waals surface area contributed by atoms with Gasteiger partial charge < -0.3 is 15.5 Å². The van der Waals surface area contributed by atoms with Crippen molar-refractivity contribution in [3.8, 4) is 0 Å². The number of likely N-dealkylation sites (tertiary alicyclic amines) is 1. The molecule has 2 aliphatic rings. The van der Waals surface area contributed by atoms with Gasteiger partial charge in [0.25, 0.3) is 0 Å². The molecule has 2 heterocycles. The van der Waals surface area contributed by atoms with Crippen LogP contribution in [0.2, 0.25) is 0 Å². The highest BCUT2D eigenvalue weighted by Gasteiger charge is 2.29. The maximum atomic E-state index is 11.9. The van der Waals surface area contributed by atoms with Gasteiger partial charge >= 0.3 is 0 Å². The molecule has 2 atom stereocenters. The zero-order valence-corrected chi connectivity index (χ0v) is 10.2. The van der Waals surface area contributed by atoms with Crippen molar-refractivity contribution in [1.29, 1.82) is 0 Å². The van der Waals surface area contributed by atoms with E-state index in [1.54, 1.807) is 0 Å². The van der Waals surface area contributed by atoms with Crippen molar-refractivity contribution >= 4 is 5.91 Å². The lowest BCUT2D eigenvalue weighted by Gasteiger charge is -2.17. The van der Waals surface area contributed by atoms with Gasteiger partial charge in [0.1, 0.15) is 0 Å². The number of nitrogens with one attached hydrogen (secondary N) is 2. The molecule has 0 spiro atoms. The molecule has 2 aliphatic heterocycles. The third-order valence-corrected chi connectivity index (χ3v) is 3.78. The van der Waals surface area contributed by atoms with Crippen molar-refractivity contribution in [3.63, 3.8) is 0 Å². The molecule has 0 aliphatic carbocycles. The molecule has 2 rings (SSSR count). The first-order valence-corrected chi connectivity index (χ1v) is 6.48. The lowest BCUT2D eigenvalue weighted by molar-refractivity contribution is -0.125. The summed E-state index contributed by atoms with van der Waals surface area (Å²) < 4.78 is 0. The highest BCUT2D eigenvalue weighted by molar-refractivity contribution is 5.79. The Morgan fingerprint density at radius 2 is 2.12 bits per heavy atom. The van der Waals surface area contributed by atoms with E-state index in [1.165, 1.54) is 25.9 Å². The summed E-state index contributed by atoms with van der Waals surface area (Å²) in [5, 5.41) is 6.32. The Labute approximate surface area is 97.8 Å². The largest absolute Gasteiger partial charge is 0.355 e. The van der Waals surface area contributed by atoms with Gasteiger partial charge in [-0.25, -0.2) is 0 Å². The number of hydrogen-bond acceptors (Lipinski definition) is 3. The summed E-state index contributed by atoms with van der Waals surface area (Å²) in [5.74, 6) is 0.891. The Bertz CT molecular complexity index is 238. The third kappa shape index (κ3) is 2.95. The lowest BCUT2D eigenvalue weighted by atomic mass is 9.97. The number of carbonyl (C=O) groups is 1. The molecule has 0 radical (unpaired) electrons. The number of carbonyl (C=O) groups excluding carboxylic acids is 1. The first-order chi connectivity index (χ1) is 7.77. The summed E-state index contributed by atoms with van der Waals surface area (Å²) in [5.41, 5.74) is 0. The van der Waals surface area contributed by atoms with Gasteiger partial charge in [0, 0.05) is 19.6 Å². The van der Waals surface area contributed by atoms with Gasteiger partial charge in [-0.05, 0) is 38.4 Å². The minimum Gasteiger partial charge on any atom is -0.355 e. The smallest absolute Gasteiger partial charge is 0.224 e. The van der Waals surface area contributed by atoms with Crippen LogP contribution in [0, 0.1) is 11.8 Å². The molecule has 4 nitrogen and oxygen atoms in total. The molecular formula is C12H23N3O. The number of rotatable bonds is 4. The molecule has 2 saturated heterocycles.